The Morgan fingerprint density at radius 3 is 1.08 bits per heavy atom. The second kappa shape index (κ2) is 16.1. The monoisotopic (exact) mass is 674 g/mol. The van der Waals surface area contributed by atoms with Crippen molar-refractivity contribution in [1.29, 1.82) is 0 Å². The molecule has 0 nitrogen and oxygen atoms in total. The highest BCUT2D eigenvalue weighted by Gasteiger charge is 2.21. The van der Waals surface area contributed by atoms with Gasteiger partial charge in [-0.25, -0.2) is 0 Å². The van der Waals surface area contributed by atoms with Crippen molar-refractivity contribution in [3.63, 3.8) is 0 Å². The van der Waals surface area contributed by atoms with Crippen molar-refractivity contribution in [2.75, 3.05) is 0 Å². The fraction of sp³-hybridized carbons (Fsp3) is 0.231. The van der Waals surface area contributed by atoms with Crippen LogP contribution in [0.5, 0.6) is 0 Å². The van der Waals surface area contributed by atoms with E-state index in [1.165, 1.54) is 22.3 Å². The summed E-state index contributed by atoms with van der Waals surface area (Å²) in [4.78, 5) is 0. The Labute approximate surface area is 313 Å². The first-order chi connectivity index (χ1) is 24.7. The van der Waals surface area contributed by atoms with Crippen LogP contribution in [0.4, 0.5) is 0 Å². The summed E-state index contributed by atoms with van der Waals surface area (Å²) in [6, 6.07) is 38.4. The third kappa shape index (κ3) is 10.2. The van der Waals surface area contributed by atoms with Crippen LogP contribution >= 0.6 is 0 Å². The van der Waals surface area contributed by atoms with E-state index in [9.17, 15) is 0 Å². The van der Waals surface area contributed by atoms with Crippen LogP contribution in [0.25, 0.3) is 23.3 Å². The highest BCUT2D eigenvalue weighted by Crippen LogP contribution is 2.37. The maximum Gasteiger partial charge on any atom is 0.0327 e. The molecule has 0 saturated heterocycles. The van der Waals surface area contributed by atoms with E-state index >= 15 is 0 Å². The van der Waals surface area contributed by atoms with E-state index in [0.717, 1.165) is 55.7 Å². The van der Waals surface area contributed by atoms with Gasteiger partial charge in [0.1, 0.15) is 0 Å². The molecule has 258 valence electrons. The predicted molar refractivity (Wildman–Crippen MR) is 225 cm³/mol. The van der Waals surface area contributed by atoms with E-state index in [-0.39, 0.29) is 10.8 Å². The van der Waals surface area contributed by atoms with E-state index < -0.39 is 0 Å². The van der Waals surface area contributed by atoms with Gasteiger partial charge in [0.2, 0.25) is 0 Å². The number of benzene rings is 5. The van der Waals surface area contributed by atoms with Gasteiger partial charge < -0.3 is 0 Å². The minimum Gasteiger partial charge on any atom is -0.115 e. The first-order valence-corrected chi connectivity index (χ1v) is 18.1. The van der Waals surface area contributed by atoms with E-state index in [1.54, 1.807) is 0 Å². The summed E-state index contributed by atoms with van der Waals surface area (Å²) in [6.07, 6.45) is 4.17. The first kappa shape index (κ1) is 37.5. The van der Waals surface area contributed by atoms with Gasteiger partial charge >= 0.3 is 0 Å². The lowest BCUT2D eigenvalue weighted by molar-refractivity contribution is 0.566. The van der Waals surface area contributed by atoms with Crippen LogP contribution in [0, 0.1) is 62.2 Å². The van der Waals surface area contributed by atoms with Crippen LogP contribution in [0.1, 0.15) is 108 Å². The van der Waals surface area contributed by atoms with E-state index in [4.69, 9.17) is 0 Å². The van der Waals surface area contributed by atoms with E-state index in [0.29, 0.717) is 0 Å². The summed E-state index contributed by atoms with van der Waals surface area (Å²) >= 11 is 0. The fourth-order valence-electron chi connectivity index (χ4n) is 6.42. The SMILES string of the molecule is Cc1cc(C)cc(C#Cc2ccccc2C=C=C(c2ccc(C(=C=Cc3ccccc3C#Cc3cc(C)cc(C)c3)C(C)(C)C)cc2)C(C)(C)C)c1. The molecule has 52 heavy (non-hydrogen) atoms. The first-order valence-electron chi connectivity index (χ1n) is 18.1. The lowest BCUT2D eigenvalue weighted by atomic mass is 9.80. The van der Waals surface area contributed by atoms with Crippen LogP contribution in [-0.2, 0) is 0 Å². The summed E-state index contributed by atoms with van der Waals surface area (Å²) < 4.78 is 0. The van der Waals surface area contributed by atoms with Gasteiger partial charge in [-0.05, 0) is 132 Å². The zero-order valence-electron chi connectivity index (χ0n) is 32.5. The Kier molecular flexibility index (Phi) is 11.6. The quantitative estimate of drug-likeness (QED) is 0.131. The smallest absolute Gasteiger partial charge is 0.0327 e. The third-order valence-corrected chi connectivity index (χ3v) is 8.75. The topological polar surface area (TPSA) is 0 Å². The van der Waals surface area contributed by atoms with Gasteiger partial charge in [0.15, 0.2) is 0 Å². The Morgan fingerprint density at radius 2 is 0.750 bits per heavy atom. The van der Waals surface area contributed by atoms with Crippen LogP contribution in [0.15, 0.2) is 121 Å². The van der Waals surface area contributed by atoms with Crippen molar-refractivity contribution in [2.24, 2.45) is 10.8 Å². The maximum absolute atomic E-state index is 3.69. The molecule has 0 heterocycles. The molecule has 0 atom stereocenters. The van der Waals surface area contributed by atoms with Gasteiger partial charge in [-0.15, -0.1) is 11.5 Å². The predicted octanol–water partition coefficient (Wildman–Crippen LogP) is 13.2. The molecule has 0 aliphatic heterocycles. The number of aryl methyl sites for hydroxylation is 4. The summed E-state index contributed by atoms with van der Waals surface area (Å²) in [5.74, 6) is 13.6. The highest BCUT2D eigenvalue weighted by atomic mass is 14.2. The standard InChI is InChI=1S/C52H50/c1-37-31-38(2)34-41(33-37)19-21-43-15-11-13-17-45(43)27-29-49(51(5,6)7)47-23-25-48(26-24-47)50(52(8,9)10)30-28-46-18-14-12-16-44(46)22-20-42-35-39(3)32-40(4)36-42/h11-18,23-28,31-36H,1-10H3. The number of hydrogen-bond donors (Lipinski definition) is 0. The molecule has 0 spiro atoms. The molecule has 0 heteroatoms. The molecule has 0 fully saturated rings. The number of allylic oxidation sites excluding steroid dienone is 2. The maximum atomic E-state index is 3.69. The summed E-state index contributed by atoms with van der Waals surface area (Å²) in [6.45, 7) is 21.9. The van der Waals surface area contributed by atoms with Crippen LogP contribution in [0.3, 0.4) is 0 Å². The molecule has 0 aliphatic carbocycles. The zero-order chi connectivity index (χ0) is 37.5. The Morgan fingerprint density at radius 1 is 0.423 bits per heavy atom. The second-order valence-electron chi connectivity index (χ2n) is 15.8. The van der Waals surface area contributed by atoms with E-state index in [1.807, 2.05) is 12.1 Å². The minimum absolute atomic E-state index is 0.123. The third-order valence-electron chi connectivity index (χ3n) is 8.75. The molecule has 0 saturated carbocycles. The fourth-order valence-corrected chi connectivity index (χ4v) is 6.42. The summed E-state index contributed by atoms with van der Waals surface area (Å²) in [7, 11) is 0. The van der Waals surface area contributed by atoms with Crippen molar-refractivity contribution in [3.05, 3.63) is 187 Å². The van der Waals surface area contributed by atoms with Gasteiger partial charge in [0.25, 0.3) is 0 Å². The van der Waals surface area contributed by atoms with Crippen LogP contribution in [-0.4, -0.2) is 0 Å². The molecule has 0 bridgehead atoms. The molecule has 5 rings (SSSR count). The zero-order valence-corrected chi connectivity index (χ0v) is 32.5. The Hall–Kier alpha value is -5.74. The van der Waals surface area contributed by atoms with Crippen molar-refractivity contribution in [1.82, 2.24) is 0 Å². The van der Waals surface area contributed by atoms with Crippen molar-refractivity contribution in [3.8, 4) is 23.7 Å². The average molecular weight is 675 g/mol. The molecule has 0 aliphatic rings. The van der Waals surface area contributed by atoms with Crippen molar-refractivity contribution >= 4 is 23.3 Å². The molecule has 5 aromatic rings. The van der Waals surface area contributed by atoms with Crippen molar-refractivity contribution in [2.45, 2.75) is 69.2 Å². The van der Waals surface area contributed by atoms with Crippen LogP contribution < -0.4 is 0 Å². The summed E-state index contributed by atoms with van der Waals surface area (Å²) in [5.41, 5.74) is 22.8. The van der Waals surface area contributed by atoms with Gasteiger partial charge in [0, 0.05) is 33.4 Å². The molecule has 0 radical (unpaired) electrons. The molecule has 0 aromatic heterocycles. The van der Waals surface area contributed by atoms with Gasteiger partial charge in [-0.2, -0.15) is 0 Å². The lowest BCUT2D eigenvalue weighted by Crippen LogP contribution is -2.09. The second-order valence-corrected chi connectivity index (χ2v) is 15.8. The summed E-state index contributed by atoms with van der Waals surface area (Å²) in [5, 5.41) is 0. The molecule has 5 aromatic carbocycles. The lowest BCUT2D eigenvalue weighted by Gasteiger charge is -2.24. The molecule has 0 amide bonds. The normalized spacial score (nSPS) is 10.8. The Bertz CT molecular complexity index is 2150. The molecular weight excluding hydrogens is 625 g/mol. The molecule has 0 unspecified atom stereocenters. The van der Waals surface area contributed by atoms with Gasteiger partial charge in [0.05, 0.1) is 0 Å². The number of rotatable bonds is 4. The largest absolute Gasteiger partial charge is 0.115 e. The van der Waals surface area contributed by atoms with Crippen molar-refractivity contribution < 1.29 is 0 Å². The highest BCUT2D eigenvalue weighted by molar-refractivity contribution is 5.77. The minimum atomic E-state index is -0.123. The van der Waals surface area contributed by atoms with Gasteiger partial charge in [-0.1, -0.05) is 138 Å². The van der Waals surface area contributed by atoms with Gasteiger partial charge in [-0.3, -0.25) is 0 Å². The van der Waals surface area contributed by atoms with Crippen LogP contribution in [0.2, 0.25) is 0 Å². The van der Waals surface area contributed by atoms with E-state index in [2.05, 4.69) is 214 Å². The molecule has 0 N–H and O–H groups in total. The number of hydrogen-bond acceptors (Lipinski definition) is 0. The average Bonchev–Trinajstić information content (AvgIpc) is 3.06. The Balaban J connectivity index is 1.50. The molecular formula is C52H50.